The molecule has 0 fully saturated rings. The fraction of sp³-hybridized carbons (Fsp3) is 0.333. The van der Waals surface area contributed by atoms with Gasteiger partial charge in [0.25, 0.3) is 5.91 Å². The van der Waals surface area contributed by atoms with Crippen molar-refractivity contribution in [1.82, 2.24) is 25.1 Å². The second-order valence-electron chi connectivity index (χ2n) is 3.90. The molecular formula is C12H16N6O. The zero-order valence-electron chi connectivity index (χ0n) is 10.9. The largest absolute Gasteiger partial charge is 0.373 e. The third kappa shape index (κ3) is 3.06. The van der Waals surface area contributed by atoms with Gasteiger partial charge >= 0.3 is 0 Å². The maximum absolute atomic E-state index is 12.0. The van der Waals surface area contributed by atoms with Crippen molar-refractivity contribution < 1.29 is 4.79 Å². The van der Waals surface area contributed by atoms with Crippen molar-refractivity contribution in [3.63, 3.8) is 0 Å². The topological polar surface area (TPSA) is 84.7 Å². The highest BCUT2D eigenvalue weighted by Crippen LogP contribution is 2.06. The average molecular weight is 260 g/mol. The van der Waals surface area contributed by atoms with E-state index in [1.807, 2.05) is 11.5 Å². The van der Waals surface area contributed by atoms with Crippen LogP contribution in [0.5, 0.6) is 0 Å². The molecular weight excluding hydrogens is 244 g/mol. The smallest absolute Gasteiger partial charge is 0.251 e. The third-order valence-corrected chi connectivity index (χ3v) is 2.72. The molecule has 0 aliphatic carbocycles. The highest BCUT2D eigenvalue weighted by atomic mass is 16.1. The number of pyridine rings is 1. The van der Waals surface area contributed by atoms with Gasteiger partial charge in [0.2, 0.25) is 0 Å². The summed E-state index contributed by atoms with van der Waals surface area (Å²) in [5.74, 6) is 1.23. The number of carbonyl (C=O) groups is 1. The number of nitrogens with one attached hydrogen (secondary N) is 2. The Labute approximate surface area is 111 Å². The Hall–Kier alpha value is -2.44. The van der Waals surface area contributed by atoms with Gasteiger partial charge in [-0.05, 0) is 19.1 Å². The van der Waals surface area contributed by atoms with Crippen LogP contribution in [-0.4, -0.2) is 32.7 Å². The molecule has 7 nitrogen and oxygen atoms in total. The van der Waals surface area contributed by atoms with Crippen molar-refractivity contribution in [2.24, 2.45) is 0 Å². The summed E-state index contributed by atoms with van der Waals surface area (Å²) in [7, 11) is 1.76. The molecule has 0 saturated carbocycles. The summed E-state index contributed by atoms with van der Waals surface area (Å²) in [4.78, 5) is 16.0. The zero-order valence-corrected chi connectivity index (χ0v) is 10.9. The summed E-state index contributed by atoms with van der Waals surface area (Å²) in [6, 6.07) is 3.36. The molecule has 2 heterocycles. The first kappa shape index (κ1) is 13.0. The van der Waals surface area contributed by atoms with Crippen molar-refractivity contribution in [2.45, 2.75) is 20.0 Å². The molecule has 2 aromatic rings. The number of aryl methyl sites for hydroxylation is 1. The minimum absolute atomic E-state index is 0.162. The summed E-state index contributed by atoms with van der Waals surface area (Å²) < 4.78 is 1.88. The van der Waals surface area contributed by atoms with Crippen LogP contribution < -0.4 is 10.6 Å². The van der Waals surface area contributed by atoms with Gasteiger partial charge in [-0.3, -0.25) is 4.79 Å². The molecule has 0 radical (unpaired) electrons. The average Bonchev–Trinajstić information content (AvgIpc) is 2.92. The Morgan fingerprint density at radius 2 is 2.32 bits per heavy atom. The van der Waals surface area contributed by atoms with Crippen LogP contribution in [0.25, 0.3) is 0 Å². The van der Waals surface area contributed by atoms with E-state index >= 15 is 0 Å². The van der Waals surface area contributed by atoms with Crippen LogP contribution in [-0.2, 0) is 13.1 Å². The molecule has 0 aromatic carbocycles. The molecule has 19 heavy (non-hydrogen) atoms. The van der Waals surface area contributed by atoms with Gasteiger partial charge < -0.3 is 15.2 Å². The van der Waals surface area contributed by atoms with Gasteiger partial charge in [-0.25, -0.2) is 4.98 Å². The molecule has 2 aromatic heterocycles. The van der Waals surface area contributed by atoms with E-state index in [4.69, 9.17) is 0 Å². The molecule has 0 atom stereocenters. The van der Waals surface area contributed by atoms with Crippen molar-refractivity contribution in [3.05, 3.63) is 36.0 Å². The summed E-state index contributed by atoms with van der Waals surface area (Å²) >= 11 is 0. The Bertz CT molecular complexity index is 565. The van der Waals surface area contributed by atoms with E-state index in [9.17, 15) is 4.79 Å². The fourth-order valence-electron chi connectivity index (χ4n) is 1.65. The lowest BCUT2D eigenvalue weighted by Crippen LogP contribution is -2.24. The standard InChI is InChI=1S/C12H16N6O/c1-3-18-8-16-17-11(18)7-15-12(19)9-4-5-14-10(6-9)13-2/h4-6,8H,3,7H2,1-2H3,(H,13,14)(H,15,19). The summed E-state index contributed by atoms with van der Waals surface area (Å²) in [5, 5.41) is 13.5. The first-order valence-electron chi connectivity index (χ1n) is 6.03. The van der Waals surface area contributed by atoms with Crippen LogP contribution in [0.4, 0.5) is 5.82 Å². The Kier molecular flexibility index (Phi) is 4.07. The van der Waals surface area contributed by atoms with E-state index < -0.39 is 0 Å². The van der Waals surface area contributed by atoms with E-state index in [2.05, 4.69) is 25.8 Å². The van der Waals surface area contributed by atoms with E-state index in [-0.39, 0.29) is 5.91 Å². The minimum atomic E-state index is -0.162. The molecule has 100 valence electrons. The van der Waals surface area contributed by atoms with Crippen LogP contribution in [0.2, 0.25) is 0 Å². The maximum atomic E-state index is 12.0. The van der Waals surface area contributed by atoms with E-state index in [1.165, 1.54) is 0 Å². The van der Waals surface area contributed by atoms with Crippen molar-refractivity contribution in [1.29, 1.82) is 0 Å². The molecule has 7 heteroatoms. The second-order valence-corrected chi connectivity index (χ2v) is 3.90. The van der Waals surface area contributed by atoms with Crippen LogP contribution >= 0.6 is 0 Å². The number of hydrogen-bond acceptors (Lipinski definition) is 5. The lowest BCUT2D eigenvalue weighted by molar-refractivity contribution is 0.0949. The van der Waals surface area contributed by atoms with Gasteiger partial charge in [0.15, 0.2) is 5.82 Å². The molecule has 2 N–H and O–H groups in total. The summed E-state index contributed by atoms with van der Waals surface area (Å²) in [6.45, 7) is 3.12. The maximum Gasteiger partial charge on any atom is 0.251 e. The van der Waals surface area contributed by atoms with Crippen LogP contribution in [0.3, 0.4) is 0 Å². The van der Waals surface area contributed by atoms with Gasteiger partial charge in [0, 0.05) is 25.4 Å². The molecule has 2 rings (SSSR count). The number of amides is 1. The zero-order chi connectivity index (χ0) is 13.7. The number of aromatic nitrogens is 4. The Morgan fingerprint density at radius 3 is 3.05 bits per heavy atom. The number of nitrogens with zero attached hydrogens (tertiary/aromatic N) is 4. The van der Waals surface area contributed by atoms with Crippen LogP contribution in [0.15, 0.2) is 24.7 Å². The number of rotatable bonds is 5. The second kappa shape index (κ2) is 5.94. The molecule has 1 amide bonds. The van der Waals surface area contributed by atoms with Gasteiger partial charge in [0.1, 0.15) is 12.1 Å². The fourth-order valence-corrected chi connectivity index (χ4v) is 1.65. The number of hydrogen-bond donors (Lipinski definition) is 2. The van der Waals surface area contributed by atoms with Gasteiger partial charge in [-0.1, -0.05) is 0 Å². The first-order chi connectivity index (χ1) is 9.24. The monoisotopic (exact) mass is 260 g/mol. The van der Waals surface area contributed by atoms with Crippen molar-refractivity contribution >= 4 is 11.7 Å². The predicted molar refractivity (Wildman–Crippen MR) is 70.6 cm³/mol. The third-order valence-electron chi connectivity index (χ3n) is 2.72. The van der Waals surface area contributed by atoms with E-state index in [0.29, 0.717) is 17.9 Å². The molecule has 0 aliphatic rings. The van der Waals surface area contributed by atoms with Crippen LogP contribution in [0, 0.1) is 0 Å². The molecule has 0 aliphatic heterocycles. The Morgan fingerprint density at radius 1 is 1.47 bits per heavy atom. The summed E-state index contributed by atoms with van der Waals surface area (Å²) in [6.07, 6.45) is 3.24. The highest BCUT2D eigenvalue weighted by Gasteiger charge is 2.08. The molecule has 0 bridgehead atoms. The van der Waals surface area contributed by atoms with Crippen LogP contribution in [0.1, 0.15) is 23.1 Å². The first-order valence-corrected chi connectivity index (χ1v) is 6.03. The minimum Gasteiger partial charge on any atom is -0.373 e. The van der Waals surface area contributed by atoms with Gasteiger partial charge in [0.05, 0.1) is 6.54 Å². The summed E-state index contributed by atoms with van der Waals surface area (Å²) in [5.41, 5.74) is 0.557. The lowest BCUT2D eigenvalue weighted by Gasteiger charge is -2.07. The Balaban J connectivity index is 2.01. The van der Waals surface area contributed by atoms with E-state index in [0.717, 1.165) is 12.4 Å². The highest BCUT2D eigenvalue weighted by molar-refractivity contribution is 5.94. The quantitative estimate of drug-likeness (QED) is 0.825. The van der Waals surface area contributed by atoms with Crippen molar-refractivity contribution in [2.75, 3.05) is 12.4 Å². The van der Waals surface area contributed by atoms with Crippen molar-refractivity contribution in [3.8, 4) is 0 Å². The molecule has 0 saturated heterocycles. The molecule has 0 spiro atoms. The molecule has 0 unspecified atom stereocenters. The van der Waals surface area contributed by atoms with E-state index in [1.54, 1.807) is 31.7 Å². The number of carbonyl (C=O) groups excluding carboxylic acids is 1. The number of anilines is 1. The van der Waals surface area contributed by atoms with Gasteiger partial charge in [-0.2, -0.15) is 0 Å². The van der Waals surface area contributed by atoms with Gasteiger partial charge in [-0.15, -0.1) is 10.2 Å². The normalized spacial score (nSPS) is 10.2. The predicted octanol–water partition coefficient (Wildman–Crippen LogP) is 0.665. The SMILES string of the molecule is CCn1cnnc1CNC(=O)c1ccnc(NC)c1. The lowest BCUT2D eigenvalue weighted by atomic mass is 10.2.